The molecule has 2 nitrogen and oxygen atoms in total. The third-order valence-electron chi connectivity index (χ3n) is 1.65. The van der Waals surface area contributed by atoms with Crippen molar-refractivity contribution in [2.45, 2.75) is 4.90 Å². The minimum atomic E-state index is 0.567. The van der Waals surface area contributed by atoms with Crippen molar-refractivity contribution >= 4 is 35.0 Å². The van der Waals surface area contributed by atoms with Crippen LogP contribution in [-0.4, -0.2) is 25.5 Å². The molecule has 0 heterocycles. The maximum absolute atomic E-state index is 5.88. The van der Waals surface area contributed by atoms with E-state index in [1.807, 2.05) is 12.1 Å². The smallest absolute Gasteiger partial charge is 0.0603 e. The molecule has 1 aromatic carbocycles. The SMILES string of the molecule is NCCOCCSc1ccc(Cl)c(Cl)c1. The normalized spacial score (nSPS) is 10.6. The number of hydrogen-bond acceptors (Lipinski definition) is 3. The molecule has 0 bridgehead atoms. The van der Waals surface area contributed by atoms with E-state index in [-0.39, 0.29) is 0 Å². The molecule has 0 aliphatic rings. The average molecular weight is 266 g/mol. The lowest BCUT2D eigenvalue weighted by atomic mass is 10.4. The molecular weight excluding hydrogens is 253 g/mol. The Labute approximate surface area is 104 Å². The van der Waals surface area contributed by atoms with Crippen LogP contribution in [0.4, 0.5) is 0 Å². The summed E-state index contributed by atoms with van der Waals surface area (Å²) in [5.74, 6) is 0.887. The molecule has 0 amide bonds. The highest BCUT2D eigenvalue weighted by molar-refractivity contribution is 7.99. The summed E-state index contributed by atoms with van der Waals surface area (Å²) < 4.78 is 5.25. The second kappa shape index (κ2) is 7.36. The third-order valence-corrected chi connectivity index (χ3v) is 3.35. The molecule has 0 aliphatic heterocycles. The summed E-state index contributed by atoms with van der Waals surface area (Å²) in [5, 5.41) is 1.17. The van der Waals surface area contributed by atoms with Crippen LogP contribution in [0.2, 0.25) is 10.0 Å². The third kappa shape index (κ3) is 5.09. The van der Waals surface area contributed by atoms with Gasteiger partial charge in [0.05, 0.1) is 23.3 Å². The van der Waals surface area contributed by atoms with E-state index in [9.17, 15) is 0 Å². The molecule has 0 fully saturated rings. The minimum absolute atomic E-state index is 0.567. The Morgan fingerprint density at radius 3 is 2.67 bits per heavy atom. The largest absolute Gasteiger partial charge is 0.379 e. The van der Waals surface area contributed by atoms with Gasteiger partial charge in [0.1, 0.15) is 0 Å². The molecule has 0 aliphatic carbocycles. The number of nitrogens with two attached hydrogens (primary N) is 1. The van der Waals surface area contributed by atoms with Gasteiger partial charge >= 0.3 is 0 Å². The number of benzene rings is 1. The van der Waals surface area contributed by atoms with Gasteiger partial charge < -0.3 is 10.5 Å². The summed E-state index contributed by atoms with van der Waals surface area (Å²) in [6, 6.07) is 5.60. The van der Waals surface area contributed by atoms with Crippen LogP contribution >= 0.6 is 35.0 Å². The Bertz CT molecular complexity index is 309. The highest BCUT2D eigenvalue weighted by Crippen LogP contribution is 2.27. The van der Waals surface area contributed by atoms with Gasteiger partial charge in [-0.2, -0.15) is 0 Å². The molecule has 0 atom stereocenters. The fourth-order valence-electron chi connectivity index (χ4n) is 0.970. The van der Waals surface area contributed by atoms with Gasteiger partial charge in [-0.25, -0.2) is 0 Å². The molecule has 0 unspecified atom stereocenters. The zero-order chi connectivity index (χ0) is 11.1. The molecule has 0 radical (unpaired) electrons. The first-order valence-electron chi connectivity index (χ1n) is 4.59. The van der Waals surface area contributed by atoms with E-state index in [4.69, 9.17) is 33.7 Å². The Morgan fingerprint density at radius 1 is 1.20 bits per heavy atom. The van der Waals surface area contributed by atoms with Gasteiger partial charge in [-0.15, -0.1) is 11.8 Å². The summed E-state index contributed by atoms with van der Waals surface area (Å²) in [7, 11) is 0. The van der Waals surface area contributed by atoms with Crippen molar-refractivity contribution in [2.24, 2.45) is 5.73 Å². The Kier molecular flexibility index (Phi) is 6.45. The summed E-state index contributed by atoms with van der Waals surface area (Å²) in [4.78, 5) is 1.10. The molecule has 84 valence electrons. The number of thioether (sulfide) groups is 1. The van der Waals surface area contributed by atoms with Crippen molar-refractivity contribution in [3.63, 3.8) is 0 Å². The monoisotopic (exact) mass is 265 g/mol. The average Bonchev–Trinajstić information content (AvgIpc) is 2.23. The lowest BCUT2D eigenvalue weighted by molar-refractivity contribution is 0.158. The van der Waals surface area contributed by atoms with E-state index in [1.165, 1.54) is 0 Å². The van der Waals surface area contributed by atoms with Crippen LogP contribution in [0.25, 0.3) is 0 Å². The molecule has 15 heavy (non-hydrogen) atoms. The van der Waals surface area contributed by atoms with Crippen molar-refractivity contribution in [1.82, 2.24) is 0 Å². The summed E-state index contributed by atoms with van der Waals surface area (Å²) >= 11 is 13.4. The van der Waals surface area contributed by atoms with Gasteiger partial charge in [0.15, 0.2) is 0 Å². The summed E-state index contributed by atoms with van der Waals surface area (Å²) in [6.45, 7) is 1.88. The molecule has 2 N–H and O–H groups in total. The fraction of sp³-hybridized carbons (Fsp3) is 0.400. The minimum Gasteiger partial charge on any atom is -0.379 e. The molecule has 0 spiro atoms. The second-order valence-electron chi connectivity index (χ2n) is 2.83. The molecule has 5 heteroatoms. The second-order valence-corrected chi connectivity index (χ2v) is 4.81. The predicted octanol–water partition coefficient (Wildman–Crippen LogP) is 3.06. The maximum Gasteiger partial charge on any atom is 0.0603 e. The van der Waals surface area contributed by atoms with E-state index in [0.29, 0.717) is 29.8 Å². The van der Waals surface area contributed by atoms with Gasteiger partial charge in [0.25, 0.3) is 0 Å². The first-order valence-corrected chi connectivity index (χ1v) is 6.34. The number of halogens is 2. The van der Waals surface area contributed by atoms with Crippen molar-refractivity contribution in [3.8, 4) is 0 Å². The van der Waals surface area contributed by atoms with Crippen LogP contribution in [0.5, 0.6) is 0 Å². The van der Waals surface area contributed by atoms with E-state index < -0.39 is 0 Å². The molecule has 0 saturated heterocycles. The Morgan fingerprint density at radius 2 is 2.00 bits per heavy atom. The molecular formula is C10H13Cl2NOS. The predicted molar refractivity (Wildman–Crippen MR) is 67.1 cm³/mol. The van der Waals surface area contributed by atoms with E-state index in [0.717, 1.165) is 10.6 Å². The van der Waals surface area contributed by atoms with Crippen LogP contribution in [-0.2, 0) is 4.74 Å². The molecule has 1 rings (SSSR count). The summed E-state index contributed by atoms with van der Waals surface area (Å²) in [5.41, 5.74) is 5.29. The Hall–Kier alpha value is 0.0700. The van der Waals surface area contributed by atoms with E-state index in [1.54, 1.807) is 17.8 Å². The van der Waals surface area contributed by atoms with Crippen molar-refractivity contribution in [2.75, 3.05) is 25.5 Å². The van der Waals surface area contributed by atoms with Crippen molar-refractivity contribution in [3.05, 3.63) is 28.2 Å². The number of rotatable bonds is 6. The lowest BCUT2D eigenvalue weighted by Crippen LogP contribution is -2.09. The summed E-state index contributed by atoms with van der Waals surface area (Å²) in [6.07, 6.45) is 0. The lowest BCUT2D eigenvalue weighted by Gasteiger charge is -2.04. The van der Waals surface area contributed by atoms with Crippen LogP contribution in [0.3, 0.4) is 0 Å². The maximum atomic E-state index is 5.88. The van der Waals surface area contributed by atoms with Gasteiger partial charge in [0.2, 0.25) is 0 Å². The Balaban J connectivity index is 2.28. The van der Waals surface area contributed by atoms with Gasteiger partial charge in [-0.3, -0.25) is 0 Å². The fourth-order valence-corrected chi connectivity index (χ4v) is 2.14. The first kappa shape index (κ1) is 13.1. The number of ether oxygens (including phenoxy) is 1. The zero-order valence-corrected chi connectivity index (χ0v) is 10.5. The van der Waals surface area contributed by atoms with Crippen molar-refractivity contribution in [1.29, 1.82) is 0 Å². The topological polar surface area (TPSA) is 35.2 Å². The van der Waals surface area contributed by atoms with Crippen molar-refractivity contribution < 1.29 is 4.74 Å². The zero-order valence-electron chi connectivity index (χ0n) is 8.21. The number of hydrogen-bond donors (Lipinski definition) is 1. The molecule has 0 saturated carbocycles. The van der Waals surface area contributed by atoms with Gasteiger partial charge in [0, 0.05) is 17.2 Å². The first-order chi connectivity index (χ1) is 7.24. The molecule has 0 aromatic heterocycles. The highest BCUT2D eigenvalue weighted by Gasteiger charge is 1.99. The van der Waals surface area contributed by atoms with Crippen LogP contribution in [0.15, 0.2) is 23.1 Å². The van der Waals surface area contributed by atoms with E-state index >= 15 is 0 Å². The highest BCUT2D eigenvalue weighted by atomic mass is 35.5. The molecule has 1 aromatic rings. The van der Waals surface area contributed by atoms with Crippen LogP contribution < -0.4 is 5.73 Å². The van der Waals surface area contributed by atoms with Crippen LogP contribution in [0.1, 0.15) is 0 Å². The standard InChI is InChI=1S/C10H13Cl2NOS/c11-9-2-1-8(7-10(9)12)15-6-5-14-4-3-13/h1-2,7H,3-6,13H2. The van der Waals surface area contributed by atoms with E-state index in [2.05, 4.69) is 0 Å². The van der Waals surface area contributed by atoms with Crippen LogP contribution in [0, 0.1) is 0 Å². The quantitative estimate of drug-likeness (QED) is 0.635. The van der Waals surface area contributed by atoms with Gasteiger partial charge in [-0.1, -0.05) is 23.2 Å². The van der Waals surface area contributed by atoms with Gasteiger partial charge in [-0.05, 0) is 18.2 Å².